The molecule has 3 heteroatoms. The van der Waals surface area contributed by atoms with Gasteiger partial charge in [-0.2, -0.15) is 0 Å². The monoisotopic (exact) mass is 398 g/mol. The van der Waals surface area contributed by atoms with Crippen molar-refractivity contribution in [1.82, 2.24) is 0 Å². The first-order valence-electron chi connectivity index (χ1n) is 7.01. The molecule has 1 fully saturated rings. The van der Waals surface area contributed by atoms with Crippen molar-refractivity contribution >= 4 is 19.4 Å². The van der Waals surface area contributed by atoms with E-state index in [-0.39, 0.29) is 20.6 Å². The summed E-state index contributed by atoms with van der Waals surface area (Å²) in [5.74, 6) is 0. The summed E-state index contributed by atoms with van der Waals surface area (Å²) in [6.45, 7) is 11.6. The van der Waals surface area contributed by atoms with Crippen LogP contribution in [0.25, 0.3) is 0 Å². The third kappa shape index (κ3) is 2.41. The molecule has 0 atom stereocenters. The van der Waals surface area contributed by atoms with Crippen LogP contribution in [0.2, 0.25) is 0 Å². The van der Waals surface area contributed by atoms with Crippen molar-refractivity contribution < 1.29 is 15.1 Å². The van der Waals surface area contributed by atoms with Crippen molar-refractivity contribution in [3.63, 3.8) is 0 Å². The van der Waals surface area contributed by atoms with E-state index in [9.17, 15) is 0 Å². The van der Waals surface area contributed by atoms with Crippen LogP contribution in [0.5, 0.6) is 0 Å². The predicted octanol–water partition coefficient (Wildman–Crippen LogP) is 6.48. The van der Waals surface area contributed by atoms with E-state index in [0.717, 1.165) is 0 Å². The standard InChI is InChI=1S/C17H22.2ClH.Ru/c1-10-11(2)13(4)17(5,12(10)3)16-9-14-6-7-15(16)8-14;;;/h9H,6-8H2,1-5H3;2*1H;/q;;;+2/p-2. The van der Waals surface area contributed by atoms with Crippen molar-refractivity contribution in [2.45, 2.75) is 53.9 Å². The van der Waals surface area contributed by atoms with E-state index in [1.54, 1.807) is 27.9 Å². The van der Waals surface area contributed by atoms with Crippen LogP contribution >= 0.6 is 19.4 Å². The molecule has 0 aliphatic heterocycles. The van der Waals surface area contributed by atoms with E-state index in [1.807, 2.05) is 0 Å². The Bertz CT molecular complexity index is 538. The van der Waals surface area contributed by atoms with Crippen LogP contribution in [0.4, 0.5) is 0 Å². The second-order valence-electron chi connectivity index (χ2n) is 6.17. The van der Waals surface area contributed by atoms with E-state index >= 15 is 0 Å². The topological polar surface area (TPSA) is 0 Å². The van der Waals surface area contributed by atoms with Gasteiger partial charge in [0.05, 0.1) is 0 Å². The van der Waals surface area contributed by atoms with E-state index in [4.69, 9.17) is 19.4 Å². The van der Waals surface area contributed by atoms with Gasteiger partial charge in [0.1, 0.15) is 0 Å². The molecule has 0 aromatic rings. The van der Waals surface area contributed by atoms with Crippen molar-refractivity contribution in [3.05, 3.63) is 45.1 Å². The Balaban J connectivity index is 0.000000452. The summed E-state index contributed by atoms with van der Waals surface area (Å²) in [4.78, 5) is 0. The normalized spacial score (nSPS) is 23.6. The van der Waals surface area contributed by atoms with Gasteiger partial charge < -0.3 is 0 Å². The Hall–Kier alpha value is 0.163. The molecule has 0 amide bonds. The van der Waals surface area contributed by atoms with E-state index in [2.05, 4.69) is 40.7 Å². The number of halogens is 2. The van der Waals surface area contributed by atoms with Gasteiger partial charge >= 0.3 is 34.5 Å². The summed E-state index contributed by atoms with van der Waals surface area (Å²) < 4.78 is 0. The van der Waals surface area contributed by atoms with E-state index in [1.165, 1.54) is 30.4 Å². The van der Waals surface area contributed by atoms with Gasteiger partial charge in [-0.1, -0.05) is 28.4 Å². The Kier molecular flexibility index (Phi) is 5.05. The molecule has 3 rings (SSSR count). The molecular formula is C17H22Cl2Ru. The second kappa shape index (κ2) is 6.11. The Morgan fingerprint density at radius 2 is 1.50 bits per heavy atom. The van der Waals surface area contributed by atoms with Crippen molar-refractivity contribution in [1.29, 1.82) is 0 Å². The molecule has 0 nitrogen and oxygen atoms in total. The molecule has 3 aliphatic carbocycles. The minimum atomic E-state index is -0.346. The van der Waals surface area contributed by atoms with Gasteiger partial charge in [-0.25, -0.2) is 0 Å². The summed E-state index contributed by atoms with van der Waals surface area (Å²) in [6.07, 6.45) is 6.40. The zero-order chi connectivity index (χ0) is 15.1. The number of rotatable bonds is 1. The van der Waals surface area contributed by atoms with Crippen LogP contribution in [-0.4, -0.2) is 0 Å². The summed E-state index contributed by atoms with van der Waals surface area (Å²) in [7, 11) is 9.71. The maximum absolute atomic E-state index is 4.85. The first-order chi connectivity index (χ1) is 9.37. The molecule has 0 aromatic heterocycles. The third-order valence-corrected chi connectivity index (χ3v) is 5.64. The number of hydrogen-bond donors (Lipinski definition) is 0. The fourth-order valence-corrected chi connectivity index (χ4v) is 3.92. The number of allylic oxidation sites excluding steroid dienone is 8. The van der Waals surface area contributed by atoms with Crippen LogP contribution in [-0.2, 0) is 15.1 Å². The average molecular weight is 398 g/mol. The molecular weight excluding hydrogens is 376 g/mol. The molecule has 2 bridgehead atoms. The first-order valence-corrected chi connectivity index (χ1v) is 11.5. The van der Waals surface area contributed by atoms with Crippen molar-refractivity contribution in [3.8, 4) is 0 Å². The fourth-order valence-electron chi connectivity index (χ4n) is 3.92. The van der Waals surface area contributed by atoms with Gasteiger partial charge in [0.15, 0.2) is 0 Å². The van der Waals surface area contributed by atoms with Gasteiger partial charge in [-0.15, -0.1) is 0 Å². The molecule has 3 aliphatic rings. The molecule has 0 aromatic carbocycles. The summed E-state index contributed by atoms with van der Waals surface area (Å²) in [5.41, 5.74) is 11.4. The third-order valence-electron chi connectivity index (χ3n) is 5.64. The molecule has 0 heterocycles. The quantitative estimate of drug-likeness (QED) is 0.444. The van der Waals surface area contributed by atoms with Crippen LogP contribution in [0.1, 0.15) is 53.9 Å². The fraction of sp³-hybridized carbons (Fsp3) is 0.529. The van der Waals surface area contributed by atoms with Crippen LogP contribution in [0.15, 0.2) is 45.1 Å². The van der Waals surface area contributed by atoms with Crippen LogP contribution < -0.4 is 0 Å². The zero-order valence-corrected chi connectivity index (χ0v) is 16.1. The van der Waals surface area contributed by atoms with Crippen LogP contribution in [0.3, 0.4) is 0 Å². The Labute approximate surface area is 138 Å². The van der Waals surface area contributed by atoms with E-state index < -0.39 is 0 Å². The molecule has 1 saturated carbocycles. The van der Waals surface area contributed by atoms with Crippen molar-refractivity contribution in [2.75, 3.05) is 0 Å². The van der Waals surface area contributed by atoms with Gasteiger partial charge in [-0.3, -0.25) is 0 Å². The average Bonchev–Trinajstić information content (AvgIpc) is 3.09. The van der Waals surface area contributed by atoms with Gasteiger partial charge in [0.25, 0.3) is 0 Å². The van der Waals surface area contributed by atoms with Gasteiger partial charge in [0.2, 0.25) is 0 Å². The molecule has 20 heavy (non-hydrogen) atoms. The number of hydrogen-bond acceptors (Lipinski definition) is 0. The Morgan fingerprint density at radius 3 is 1.85 bits per heavy atom. The molecule has 0 N–H and O–H groups in total. The summed E-state index contributed by atoms with van der Waals surface area (Å²) in [5, 5.41) is 0. The number of fused-ring (bicyclic) bond motifs is 2. The molecule has 0 unspecified atom stereocenters. The van der Waals surface area contributed by atoms with Gasteiger partial charge in [0, 0.05) is 5.41 Å². The van der Waals surface area contributed by atoms with Crippen molar-refractivity contribution in [2.24, 2.45) is 5.41 Å². The molecule has 0 radical (unpaired) electrons. The molecule has 112 valence electrons. The molecule has 0 saturated heterocycles. The molecule has 0 spiro atoms. The predicted molar refractivity (Wildman–Crippen MR) is 85.5 cm³/mol. The maximum atomic E-state index is 4.85. The summed E-state index contributed by atoms with van der Waals surface area (Å²) >= 11 is -0.346. The first kappa shape index (κ1) is 16.5. The van der Waals surface area contributed by atoms with Crippen LogP contribution in [0, 0.1) is 5.41 Å². The van der Waals surface area contributed by atoms with Gasteiger partial charge in [-0.05, 0) is 70.6 Å². The minimum absolute atomic E-state index is 0.200. The summed E-state index contributed by atoms with van der Waals surface area (Å²) in [6, 6.07) is 0. The van der Waals surface area contributed by atoms with E-state index in [0.29, 0.717) is 0 Å². The Morgan fingerprint density at radius 1 is 1.00 bits per heavy atom. The SMILES string of the molecule is CC1=C(C)C(C)(C2=C3CCC(=C2)C3)C(C)=C1C.[Cl][Ru][Cl]. The second-order valence-corrected chi connectivity index (χ2v) is 8.81. The zero-order valence-electron chi connectivity index (χ0n) is 12.8.